The van der Waals surface area contributed by atoms with Gasteiger partial charge in [-0.15, -0.1) is 0 Å². The van der Waals surface area contributed by atoms with E-state index in [1.165, 1.54) is 4.90 Å². The number of hydrogen-bond acceptors (Lipinski definition) is 3. The Hall–Kier alpha value is -1.47. The quantitative estimate of drug-likeness (QED) is 0.452. The largest absolute Gasteiger partial charge is 0.483 e. The van der Waals surface area contributed by atoms with Gasteiger partial charge in [-0.1, -0.05) is 40.9 Å². The van der Waals surface area contributed by atoms with Crippen LogP contribution in [0.5, 0.6) is 5.75 Å². The zero-order valence-electron chi connectivity index (χ0n) is 17.6. The van der Waals surface area contributed by atoms with Gasteiger partial charge in [-0.05, 0) is 74.0 Å². The molecule has 0 radical (unpaired) electrons. The summed E-state index contributed by atoms with van der Waals surface area (Å²) in [5, 5.41) is 4.26. The van der Waals surface area contributed by atoms with Crippen molar-refractivity contribution in [3.05, 3.63) is 61.5 Å². The average Bonchev–Trinajstić information content (AvgIpc) is 2.65. The lowest BCUT2D eigenvalue weighted by Crippen LogP contribution is -2.53. The first-order valence-electron chi connectivity index (χ1n) is 9.51. The molecule has 0 aromatic heterocycles. The van der Waals surface area contributed by atoms with Gasteiger partial charge < -0.3 is 15.0 Å². The molecule has 0 fully saturated rings. The van der Waals surface area contributed by atoms with Crippen molar-refractivity contribution in [3.63, 3.8) is 0 Å². The molecule has 2 amide bonds. The molecule has 0 spiro atoms. The maximum absolute atomic E-state index is 13.1. The molecule has 0 aliphatic rings. The Labute approximate surface area is 206 Å². The minimum absolute atomic E-state index is 0.0568. The van der Waals surface area contributed by atoms with Crippen molar-refractivity contribution in [2.75, 3.05) is 6.61 Å². The summed E-state index contributed by atoms with van der Waals surface area (Å²) in [6.07, 6.45) is 0. The van der Waals surface area contributed by atoms with Gasteiger partial charge in [0.2, 0.25) is 5.91 Å². The van der Waals surface area contributed by atoms with Crippen LogP contribution in [0.2, 0.25) is 15.1 Å². The Kier molecular flexibility index (Phi) is 9.07. The predicted octanol–water partition coefficient (Wildman–Crippen LogP) is 6.12. The van der Waals surface area contributed by atoms with E-state index >= 15 is 0 Å². The molecule has 9 heteroatoms. The van der Waals surface area contributed by atoms with Gasteiger partial charge in [0.05, 0.1) is 4.47 Å². The highest BCUT2D eigenvalue weighted by molar-refractivity contribution is 9.10. The highest BCUT2D eigenvalue weighted by Crippen LogP contribution is 2.29. The number of halogens is 4. The SMILES string of the molecule is C[C@H](C(=O)NC(C)(C)C)N(Cc1c(Cl)cccc1Cl)C(=O)COc1ccc(Cl)cc1Br. The zero-order valence-corrected chi connectivity index (χ0v) is 21.5. The highest BCUT2D eigenvalue weighted by Gasteiger charge is 2.29. The Morgan fingerprint density at radius 3 is 2.29 bits per heavy atom. The molecule has 0 aliphatic carbocycles. The number of benzene rings is 2. The fourth-order valence-corrected chi connectivity index (χ4v) is 4.04. The van der Waals surface area contributed by atoms with Gasteiger partial charge in [-0.3, -0.25) is 9.59 Å². The van der Waals surface area contributed by atoms with E-state index in [1.54, 1.807) is 43.3 Å². The van der Waals surface area contributed by atoms with E-state index in [2.05, 4.69) is 21.2 Å². The number of nitrogens with one attached hydrogen (secondary N) is 1. The van der Waals surface area contributed by atoms with Crippen molar-refractivity contribution < 1.29 is 14.3 Å². The Balaban J connectivity index is 2.27. The molecule has 2 aromatic carbocycles. The van der Waals surface area contributed by atoms with Crippen LogP contribution in [-0.4, -0.2) is 34.9 Å². The van der Waals surface area contributed by atoms with Crippen LogP contribution in [0.25, 0.3) is 0 Å². The molecule has 2 aromatic rings. The third-order valence-corrected chi connectivity index (χ3v) is 5.86. The molecule has 0 bridgehead atoms. The van der Waals surface area contributed by atoms with E-state index in [0.29, 0.717) is 30.9 Å². The van der Waals surface area contributed by atoms with Gasteiger partial charge in [0.25, 0.3) is 5.91 Å². The first-order chi connectivity index (χ1) is 14.4. The molecule has 2 rings (SSSR count). The average molecular weight is 551 g/mol. The molecule has 31 heavy (non-hydrogen) atoms. The summed E-state index contributed by atoms with van der Waals surface area (Å²) in [5.41, 5.74) is 0.106. The second-order valence-electron chi connectivity index (χ2n) is 8.00. The number of rotatable bonds is 7. The summed E-state index contributed by atoms with van der Waals surface area (Å²) in [6.45, 7) is 7.04. The normalized spacial score (nSPS) is 12.3. The molecule has 168 valence electrons. The van der Waals surface area contributed by atoms with E-state index < -0.39 is 17.5 Å². The first-order valence-corrected chi connectivity index (χ1v) is 11.4. The lowest BCUT2D eigenvalue weighted by Gasteiger charge is -2.31. The van der Waals surface area contributed by atoms with E-state index in [9.17, 15) is 9.59 Å². The van der Waals surface area contributed by atoms with Gasteiger partial charge in [0.15, 0.2) is 6.61 Å². The maximum Gasteiger partial charge on any atom is 0.261 e. The van der Waals surface area contributed by atoms with Crippen molar-refractivity contribution in [1.82, 2.24) is 10.2 Å². The number of amides is 2. The second-order valence-corrected chi connectivity index (χ2v) is 10.1. The minimum Gasteiger partial charge on any atom is -0.483 e. The number of nitrogens with zero attached hydrogens (tertiary/aromatic N) is 1. The van der Waals surface area contributed by atoms with Crippen molar-refractivity contribution in [2.45, 2.75) is 45.8 Å². The molecule has 0 saturated carbocycles. The third kappa shape index (κ3) is 7.56. The lowest BCUT2D eigenvalue weighted by molar-refractivity contribution is -0.142. The Morgan fingerprint density at radius 2 is 1.74 bits per heavy atom. The molecule has 5 nitrogen and oxygen atoms in total. The van der Waals surface area contributed by atoms with Crippen LogP contribution in [0.4, 0.5) is 0 Å². The van der Waals surface area contributed by atoms with E-state index in [0.717, 1.165) is 0 Å². The molecule has 1 atom stereocenters. The Morgan fingerprint density at radius 1 is 1.13 bits per heavy atom. The fourth-order valence-electron chi connectivity index (χ4n) is 2.73. The van der Waals surface area contributed by atoms with Gasteiger partial charge in [-0.25, -0.2) is 0 Å². The van der Waals surface area contributed by atoms with Crippen molar-refractivity contribution >= 4 is 62.5 Å². The summed E-state index contributed by atoms with van der Waals surface area (Å²) >= 11 is 21.9. The standard InChI is InChI=1S/C22H24BrCl3N2O3/c1-13(21(30)27-22(2,3)4)28(11-15-17(25)6-5-7-18(15)26)20(29)12-31-19-9-8-14(24)10-16(19)23/h5-10,13H,11-12H2,1-4H3,(H,27,30)/t13-/m1/s1. The minimum atomic E-state index is -0.781. The predicted molar refractivity (Wildman–Crippen MR) is 129 cm³/mol. The van der Waals surface area contributed by atoms with E-state index in [1.807, 2.05) is 20.8 Å². The Bertz CT molecular complexity index is 943. The van der Waals surface area contributed by atoms with Crippen molar-refractivity contribution in [3.8, 4) is 5.75 Å². The molecular weight excluding hydrogens is 527 g/mol. The van der Waals surface area contributed by atoms with Crippen LogP contribution in [-0.2, 0) is 16.1 Å². The second kappa shape index (κ2) is 10.9. The monoisotopic (exact) mass is 548 g/mol. The van der Waals surface area contributed by atoms with Crippen LogP contribution < -0.4 is 10.1 Å². The molecule has 0 aliphatic heterocycles. The first kappa shape index (κ1) is 25.8. The zero-order chi connectivity index (χ0) is 23.3. The van der Waals surface area contributed by atoms with E-state index in [4.69, 9.17) is 39.5 Å². The van der Waals surface area contributed by atoms with Crippen molar-refractivity contribution in [1.29, 1.82) is 0 Å². The van der Waals surface area contributed by atoms with Crippen molar-refractivity contribution in [2.24, 2.45) is 0 Å². The van der Waals surface area contributed by atoms with Crippen LogP contribution in [0, 0.1) is 0 Å². The molecule has 0 unspecified atom stereocenters. The van der Waals surface area contributed by atoms with Crippen LogP contribution >= 0.6 is 50.7 Å². The highest BCUT2D eigenvalue weighted by atomic mass is 79.9. The van der Waals surface area contributed by atoms with Crippen LogP contribution in [0.3, 0.4) is 0 Å². The van der Waals surface area contributed by atoms with Crippen LogP contribution in [0.1, 0.15) is 33.3 Å². The number of ether oxygens (including phenoxy) is 1. The van der Waals surface area contributed by atoms with Crippen LogP contribution in [0.15, 0.2) is 40.9 Å². The number of hydrogen-bond donors (Lipinski definition) is 1. The summed E-state index contributed by atoms with van der Waals surface area (Å²) in [4.78, 5) is 27.3. The van der Waals surface area contributed by atoms with E-state index in [-0.39, 0.29) is 19.1 Å². The molecule has 1 N–H and O–H groups in total. The summed E-state index contributed by atoms with van der Waals surface area (Å²) < 4.78 is 6.29. The van der Waals surface area contributed by atoms with Gasteiger partial charge in [0.1, 0.15) is 11.8 Å². The summed E-state index contributed by atoms with van der Waals surface area (Å²) in [6, 6.07) is 9.30. The molecule has 0 saturated heterocycles. The van der Waals surface area contributed by atoms with Gasteiger partial charge in [-0.2, -0.15) is 0 Å². The molecule has 0 heterocycles. The summed E-state index contributed by atoms with van der Waals surface area (Å²) in [7, 11) is 0. The lowest BCUT2D eigenvalue weighted by atomic mass is 10.1. The maximum atomic E-state index is 13.1. The smallest absolute Gasteiger partial charge is 0.261 e. The topological polar surface area (TPSA) is 58.6 Å². The summed E-state index contributed by atoms with van der Waals surface area (Å²) in [5.74, 6) is -0.230. The third-order valence-electron chi connectivity index (χ3n) is 4.30. The van der Waals surface area contributed by atoms with Gasteiger partial charge in [0, 0.05) is 32.7 Å². The molecular formula is C22H24BrCl3N2O3. The van der Waals surface area contributed by atoms with Gasteiger partial charge >= 0.3 is 0 Å². The number of carbonyl (C=O) groups excluding carboxylic acids is 2. The number of carbonyl (C=O) groups is 2. The fraction of sp³-hybridized carbons (Fsp3) is 0.364.